The van der Waals surface area contributed by atoms with Gasteiger partial charge in [0.15, 0.2) is 0 Å². The van der Waals surface area contributed by atoms with Gasteiger partial charge in [-0.05, 0) is 5.56 Å². The second kappa shape index (κ2) is 6.97. The lowest BCUT2D eigenvalue weighted by Gasteiger charge is -2.35. The fraction of sp³-hybridized carbons (Fsp3) is 0.400. The molecule has 0 bridgehead atoms. The van der Waals surface area contributed by atoms with Crippen LogP contribution in [0.1, 0.15) is 8.42 Å². The van der Waals surface area contributed by atoms with Crippen LogP contribution in [0.25, 0.3) is 0 Å². The van der Waals surface area contributed by atoms with E-state index in [0.29, 0.717) is 0 Å². The van der Waals surface area contributed by atoms with Crippen LogP contribution >= 0.6 is 7.26 Å². The molecule has 0 aliphatic rings. The molecule has 0 saturated heterocycles. The summed E-state index contributed by atoms with van der Waals surface area (Å²) in [4.78, 5) is 0. The highest BCUT2D eigenvalue weighted by Gasteiger charge is 2.16. The normalized spacial score (nSPS) is 10.3. The highest BCUT2D eigenvalue weighted by Crippen LogP contribution is 2.49. The van der Waals surface area contributed by atoms with Crippen molar-refractivity contribution in [1.29, 1.82) is 0 Å². The van der Waals surface area contributed by atoms with Crippen molar-refractivity contribution in [3.05, 3.63) is 35.9 Å². The molecule has 0 N–H and O–H groups in total. The first kappa shape index (κ1) is 14.6. The van der Waals surface area contributed by atoms with Gasteiger partial charge in [-0.1, -0.05) is 30.3 Å². The monoisotopic (exact) mass is 228 g/mol. The van der Waals surface area contributed by atoms with Crippen molar-refractivity contribution in [2.75, 3.05) is 20.0 Å². The van der Waals surface area contributed by atoms with Crippen molar-refractivity contribution in [3.8, 4) is 0 Å². The van der Waals surface area contributed by atoms with Gasteiger partial charge in [-0.15, -0.1) is 0 Å². The molecule has 0 spiro atoms. The van der Waals surface area contributed by atoms with E-state index in [1.165, 1.54) is 11.7 Å². The molecule has 1 aromatic rings. The van der Waals surface area contributed by atoms with Crippen molar-refractivity contribution in [1.82, 2.24) is 0 Å². The molecular formula is C10H18BO3P. The van der Waals surface area contributed by atoms with Crippen LogP contribution in [0.2, 0.25) is 0 Å². The second-order valence-corrected chi connectivity index (χ2v) is 9.12. The molecule has 0 aromatic heterocycles. The lowest BCUT2D eigenvalue weighted by Crippen LogP contribution is -2.56. The Kier molecular flexibility index (Phi) is 6.78. The van der Waals surface area contributed by atoms with Gasteiger partial charge in [-0.25, -0.2) is 0 Å². The Bertz CT molecular complexity index is 265. The van der Waals surface area contributed by atoms with Gasteiger partial charge in [0.2, 0.25) is 0 Å². The lowest BCUT2D eigenvalue weighted by molar-refractivity contribution is -0.479. The Morgan fingerprint density at radius 3 is 1.80 bits per heavy atom. The van der Waals surface area contributed by atoms with Crippen LogP contribution in [0.5, 0.6) is 0 Å². The van der Waals surface area contributed by atoms with Crippen molar-refractivity contribution >= 4 is 14.6 Å². The Morgan fingerprint density at radius 1 is 1.07 bits per heavy atom. The summed E-state index contributed by atoms with van der Waals surface area (Å²) in [7, 11) is -3.55. The zero-order valence-corrected chi connectivity index (χ0v) is 10.2. The van der Waals surface area contributed by atoms with E-state index in [1.807, 2.05) is 0 Å². The van der Waals surface area contributed by atoms with E-state index in [-0.39, 0.29) is 2.85 Å². The highest BCUT2D eigenvalue weighted by molar-refractivity contribution is 7.72. The molecule has 0 radical (unpaired) electrons. The van der Waals surface area contributed by atoms with Gasteiger partial charge in [-0.3, -0.25) is 7.32 Å². The third-order valence-electron chi connectivity index (χ3n) is 1.50. The zero-order chi connectivity index (χ0) is 11.9. The van der Waals surface area contributed by atoms with Crippen LogP contribution < -0.4 is 15.1 Å². The van der Waals surface area contributed by atoms with E-state index >= 15 is 0 Å². The minimum absolute atomic E-state index is 0. The third-order valence-corrected chi connectivity index (χ3v) is 2.81. The fourth-order valence-corrected chi connectivity index (χ4v) is 2.44. The molecule has 0 aliphatic carbocycles. The Balaban J connectivity index is -0.000000289. The average molecular weight is 228 g/mol. The topological polar surface area (TPSA) is 69.2 Å². The largest absolute Gasteiger partial charge is 1.00 e. The second-order valence-electron chi connectivity index (χ2n) is 4.22. The van der Waals surface area contributed by atoms with Gasteiger partial charge in [0.1, 0.15) is 0 Å². The van der Waals surface area contributed by atoms with Gasteiger partial charge in [-0.2, -0.15) is 0 Å². The number of rotatable bonds is 2. The number of hydrogen-bond acceptors (Lipinski definition) is 3. The molecule has 0 saturated carbocycles. The van der Waals surface area contributed by atoms with Crippen LogP contribution in [0.4, 0.5) is 0 Å². The molecule has 0 aliphatic heterocycles. The summed E-state index contributed by atoms with van der Waals surface area (Å²) in [5, 5.41) is 25.2. The SMILES string of the molecule is C[P+](C)(C)Cc1ccccc1.[H+].[H+].[O-]B([O-])[O-]. The molecule has 0 amide bonds. The van der Waals surface area contributed by atoms with E-state index in [9.17, 15) is 0 Å². The van der Waals surface area contributed by atoms with Crippen molar-refractivity contribution in [2.45, 2.75) is 6.16 Å². The maximum atomic E-state index is 8.42. The van der Waals surface area contributed by atoms with Crippen LogP contribution in [-0.2, 0) is 6.16 Å². The standard InChI is InChI=1S/C10H16P.BO3/c1-11(2,3)9-10-7-5-4-6-8-10;2-1(3)4/h4-8H,9H2,1-3H3;/q+1;-3/p+2. The van der Waals surface area contributed by atoms with Gasteiger partial charge in [0.05, 0.1) is 6.16 Å². The first-order chi connectivity index (χ1) is 6.81. The van der Waals surface area contributed by atoms with E-state index in [0.717, 1.165) is 0 Å². The zero-order valence-electron chi connectivity index (χ0n) is 11.3. The maximum Gasteiger partial charge on any atom is 1.00 e. The van der Waals surface area contributed by atoms with Crippen molar-refractivity contribution in [2.24, 2.45) is 0 Å². The van der Waals surface area contributed by atoms with E-state index in [1.54, 1.807) is 0 Å². The number of hydrogen-bond donors (Lipinski definition) is 0. The third kappa shape index (κ3) is 11.5. The molecule has 0 atom stereocenters. The molecule has 5 heteroatoms. The van der Waals surface area contributed by atoms with E-state index in [4.69, 9.17) is 15.1 Å². The molecule has 1 rings (SSSR count). The lowest BCUT2D eigenvalue weighted by atomic mass is 10.2. The Morgan fingerprint density at radius 2 is 1.47 bits per heavy atom. The average Bonchev–Trinajstić information content (AvgIpc) is 2.01. The van der Waals surface area contributed by atoms with E-state index in [2.05, 4.69) is 50.3 Å². The molecule has 1 aromatic carbocycles. The maximum absolute atomic E-state index is 8.42. The smallest absolute Gasteiger partial charge is 0.907 e. The summed E-state index contributed by atoms with van der Waals surface area (Å²) in [6.45, 7) is 7.12. The molecule has 0 fully saturated rings. The molecule has 3 nitrogen and oxygen atoms in total. The predicted molar refractivity (Wildman–Crippen MR) is 62.8 cm³/mol. The molecule has 84 valence electrons. The van der Waals surface area contributed by atoms with Crippen molar-refractivity contribution in [3.63, 3.8) is 0 Å². The summed E-state index contributed by atoms with van der Waals surface area (Å²) in [6, 6.07) is 10.7. The Labute approximate surface area is 95.3 Å². The van der Waals surface area contributed by atoms with Gasteiger partial charge in [0.25, 0.3) is 0 Å². The van der Waals surface area contributed by atoms with Crippen LogP contribution in [0.15, 0.2) is 30.3 Å². The van der Waals surface area contributed by atoms with Gasteiger partial charge >= 0.3 is 2.85 Å². The fourth-order valence-electron chi connectivity index (χ4n) is 1.13. The first-order valence-corrected chi connectivity index (χ1v) is 7.94. The molecule has 0 heterocycles. The van der Waals surface area contributed by atoms with Gasteiger partial charge in [0, 0.05) is 27.3 Å². The highest BCUT2D eigenvalue weighted by atomic mass is 31.2. The summed E-state index contributed by atoms with van der Waals surface area (Å²) in [5.41, 5.74) is 1.48. The molecule has 0 unspecified atom stereocenters. The molecular weight excluding hydrogens is 210 g/mol. The van der Waals surface area contributed by atoms with Crippen LogP contribution in [0.3, 0.4) is 0 Å². The van der Waals surface area contributed by atoms with E-state index < -0.39 is 14.6 Å². The minimum atomic E-state index is -2.92. The number of benzene rings is 1. The quantitative estimate of drug-likeness (QED) is 0.499. The summed E-state index contributed by atoms with van der Waals surface area (Å²) >= 11 is 0. The van der Waals surface area contributed by atoms with Crippen LogP contribution in [-0.4, -0.2) is 27.3 Å². The first-order valence-electron chi connectivity index (χ1n) is 4.63. The predicted octanol–water partition coefficient (Wildman–Crippen LogP) is -0.629. The van der Waals surface area contributed by atoms with Crippen molar-refractivity contribution < 1.29 is 17.9 Å². The summed E-state index contributed by atoms with van der Waals surface area (Å²) in [5.74, 6) is 0. The minimum Gasteiger partial charge on any atom is -0.907 e. The molecule has 15 heavy (non-hydrogen) atoms. The summed E-state index contributed by atoms with van der Waals surface area (Å²) in [6.07, 6.45) is 1.27. The van der Waals surface area contributed by atoms with Gasteiger partial charge < -0.3 is 15.1 Å². The Hall–Kier alpha value is -0.405. The summed E-state index contributed by atoms with van der Waals surface area (Å²) < 4.78 is 0. The van der Waals surface area contributed by atoms with Crippen LogP contribution in [0, 0.1) is 0 Å².